The van der Waals surface area contributed by atoms with E-state index in [0.717, 1.165) is 24.3 Å². The van der Waals surface area contributed by atoms with Gasteiger partial charge >= 0.3 is 11.8 Å². The zero-order valence-electron chi connectivity index (χ0n) is 11.0. The highest BCUT2D eigenvalue weighted by Crippen LogP contribution is 2.75. The molecule has 0 bridgehead atoms. The molecule has 0 heterocycles. The Morgan fingerprint density at radius 1 is 0.455 bits per heavy atom. The molecule has 2 atom stereocenters. The molecular formula is C16H10F6. The summed E-state index contributed by atoms with van der Waals surface area (Å²) in [5, 5.41) is 0. The Balaban J connectivity index is 2.28. The number of hydrogen-bond acceptors (Lipinski definition) is 0. The first-order valence-corrected chi connectivity index (χ1v) is 6.46. The van der Waals surface area contributed by atoms with Crippen molar-refractivity contribution >= 4 is 0 Å². The van der Waals surface area contributed by atoms with Gasteiger partial charge in [-0.3, -0.25) is 0 Å². The molecule has 1 fully saturated rings. The lowest BCUT2D eigenvalue weighted by Gasteiger charge is -2.58. The maximum atomic E-state index is 15.0. The van der Waals surface area contributed by atoms with Crippen LogP contribution in [0.2, 0.25) is 0 Å². The number of benzene rings is 2. The fourth-order valence-corrected chi connectivity index (χ4v) is 2.90. The summed E-state index contributed by atoms with van der Waals surface area (Å²) in [4.78, 5) is 0. The van der Waals surface area contributed by atoms with Gasteiger partial charge in [-0.1, -0.05) is 60.7 Å². The molecule has 0 aromatic heterocycles. The zero-order valence-corrected chi connectivity index (χ0v) is 11.0. The van der Waals surface area contributed by atoms with E-state index in [0.29, 0.717) is 0 Å². The predicted octanol–water partition coefficient (Wildman–Crippen LogP) is 5.00. The van der Waals surface area contributed by atoms with E-state index in [1.165, 1.54) is 36.4 Å². The third-order valence-corrected chi connectivity index (χ3v) is 4.08. The summed E-state index contributed by atoms with van der Waals surface area (Å²) < 4.78 is 85.5. The molecule has 1 saturated carbocycles. The highest BCUT2D eigenvalue weighted by Gasteiger charge is 2.98. The summed E-state index contributed by atoms with van der Waals surface area (Å²) in [6, 6.07) is 11.0. The summed E-state index contributed by atoms with van der Waals surface area (Å²) in [5.74, 6) is -10.3. The van der Waals surface area contributed by atoms with Gasteiger partial charge in [0.1, 0.15) is 0 Å². The fraction of sp³-hybridized carbons (Fsp3) is 0.250. The zero-order chi connectivity index (χ0) is 16.2. The Morgan fingerprint density at radius 2 is 0.727 bits per heavy atom. The summed E-state index contributed by atoms with van der Waals surface area (Å²) in [6.45, 7) is 0. The highest BCUT2D eigenvalue weighted by molar-refractivity contribution is 5.47. The standard InChI is InChI=1S/C16H10F6/c17-13(11-7-3-1-4-8-11)14(18,12-9-5-2-6-10-12)16(21,22)15(13,19)20/h1-10H/t13-,14-/m0/s1. The van der Waals surface area contributed by atoms with Gasteiger partial charge in [-0.2, -0.15) is 17.6 Å². The van der Waals surface area contributed by atoms with Crippen LogP contribution >= 0.6 is 0 Å². The fourth-order valence-electron chi connectivity index (χ4n) is 2.90. The molecule has 0 aliphatic heterocycles. The van der Waals surface area contributed by atoms with Crippen LogP contribution in [0.25, 0.3) is 0 Å². The van der Waals surface area contributed by atoms with Gasteiger partial charge in [0.2, 0.25) is 11.3 Å². The van der Waals surface area contributed by atoms with Gasteiger partial charge in [-0.05, 0) is 11.1 Å². The molecule has 0 spiro atoms. The van der Waals surface area contributed by atoms with Crippen molar-refractivity contribution < 1.29 is 26.3 Å². The van der Waals surface area contributed by atoms with E-state index in [2.05, 4.69) is 0 Å². The van der Waals surface area contributed by atoms with Crippen LogP contribution in [-0.4, -0.2) is 11.8 Å². The van der Waals surface area contributed by atoms with Crippen LogP contribution in [0.1, 0.15) is 11.1 Å². The normalized spacial score (nSPS) is 32.3. The molecule has 1 aliphatic carbocycles. The van der Waals surface area contributed by atoms with E-state index in [1.807, 2.05) is 0 Å². The third-order valence-electron chi connectivity index (χ3n) is 4.08. The molecule has 116 valence electrons. The highest BCUT2D eigenvalue weighted by atomic mass is 19.3. The van der Waals surface area contributed by atoms with E-state index in [1.54, 1.807) is 0 Å². The van der Waals surface area contributed by atoms with Crippen LogP contribution in [0, 0.1) is 0 Å². The van der Waals surface area contributed by atoms with Crippen LogP contribution in [-0.2, 0) is 11.3 Å². The first kappa shape index (κ1) is 14.9. The molecule has 2 aromatic carbocycles. The van der Waals surface area contributed by atoms with Crippen LogP contribution in [0.4, 0.5) is 26.3 Å². The lowest BCUT2D eigenvalue weighted by atomic mass is 9.56. The first-order chi connectivity index (χ1) is 10.2. The van der Waals surface area contributed by atoms with Crippen LogP contribution < -0.4 is 0 Å². The van der Waals surface area contributed by atoms with Crippen molar-refractivity contribution in [1.82, 2.24) is 0 Å². The second kappa shape index (κ2) is 4.27. The van der Waals surface area contributed by atoms with Crippen molar-refractivity contribution in [3.8, 4) is 0 Å². The second-order valence-corrected chi connectivity index (χ2v) is 5.20. The van der Waals surface area contributed by atoms with E-state index >= 15 is 8.78 Å². The minimum atomic E-state index is -5.16. The average molecular weight is 316 g/mol. The molecule has 0 unspecified atom stereocenters. The minimum absolute atomic E-state index is 0.822. The predicted molar refractivity (Wildman–Crippen MR) is 68.4 cm³/mol. The molecule has 6 heteroatoms. The van der Waals surface area contributed by atoms with Gasteiger partial charge in [0.15, 0.2) is 0 Å². The minimum Gasteiger partial charge on any atom is -0.227 e. The Labute approximate surface area is 122 Å². The number of halogens is 6. The molecule has 3 rings (SSSR count). The molecule has 0 N–H and O–H groups in total. The lowest BCUT2D eigenvalue weighted by Crippen LogP contribution is -2.82. The Bertz CT molecular complexity index is 623. The Kier molecular flexibility index (Phi) is 2.90. The molecule has 0 saturated heterocycles. The Hall–Kier alpha value is -1.98. The number of hydrogen-bond donors (Lipinski definition) is 0. The van der Waals surface area contributed by atoms with Crippen LogP contribution in [0.5, 0.6) is 0 Å². The molecule has 0 amide bonds. The monoisotopic (exact) mass is 316 g/mol. The van der Waals surface area contributed by atoms with Gasteiger partial charge in [0, 0.05) is 0 Å². The van der Waals surface area contributed by atoms with Crippen molar-refractivity contribution in [3.05, 3.63) is 71.8 Å². The van der Waals surface area contributed by atoms with Gasteiger partial charge in [0.05, 0.1) is 0 Å². The second-order valence-electron chi connectivity index (χ2n) is 5.20. The largest absolute Gasteiger partial charge is 0.355 e. The average Bonchev–Trinajstić information content (AvgIpc) is 2.54. The van der Waals surface area contributed by atoms with Gasteiger partial charge < -0.3 is 0 Å². The maximum absolute atomic E-state index is 15.0. The van der Waals surface area contributed by atoms with Crippen molar-refractivity contribution in [3.63, 3.8) is 0 Å². The summed E-state index contributed by atoms with van der Waals surface area (Å²) in [7, 11) is 0. The Morgan fingerprint density at radius 3 is 1.00 bits per heavy atom. The maximum Gasteiger partial charge on any atom is 0.355 e. The first-order valence-electron chi connectivity index (χ1n) is 6.46. The molecule has 1 aliphatic rings. The smallest absolute Gasteiger partial charge is 0.227 e. The van der Waals surface area contributed by atoms with E-state index in [-0.39, 0.29) is 0 Å². The van der Waals surface area contributed by atoms with Crippen molar-refractivity contribution in [2.45, 2.75) is 23.2 Å². The van der Waals surface area contributed by atoms with E-state index in [4.69, 9.17) is 0 Å². The summed E-state index contributed by atoms with van der Waals surface area (Å²) >= 11 is 0. The topological polar surface area (TPSA) is 0 Å². The molecule has 0 nitrogen and oxygen atoms in total. The SMILES string of the molecule is FC1(F)C(F)(F)[C@](F)(c2ccccc2)[C@@]1(F)c1ccccc1. The third kappa shape index (κ3) is 1.36. The molecular weight excluding hydrogens is 306 g/mol. The van der Waals surface area contributed by atoms with E-state index < -0.39 is 34.3 Å². The molecule has 22 heavy (non-hydrogen) atoms. The van der Waals surface area contributed by atoms with E-state index in [9.17, 15) is 17.6 Å². The van der Waals surface area contributed by atoms with Crippen molar-refractivity contribution in [2.24, 2.45) is 0 Å². The quantitative estimate of drug-likeness (QED) is 0.684. The van der Waals surface area contributed by atoms with Gasteiger partial charge in [-0.15, -0.1) is 0 Å². The van der Waals surface area contributed by atoms with Crippen molar-refractivity contribution in [2.75, 3.05) is 0 Å². The number of alkyl halides is 6. The van der Waals surface area contributed by atoms with Crippen LogP contribution in [0.15, 0.2) is 60.7 Å². The number of rotatable bonds is 2. The van der Waals surface area contributed by atoms with Gasteiger partial charge in [0.25, 0.3) is 0 Å². The van der Waals surface area contributed by atoms with Gasteiger partial charge in [-0.25, -0.2) is 8.78 Å². The molecule has 2 aromatic rings. The molecule has 0 radical (unpaired) electrons. The lowest BCUT2D eigenvalue weighted by molar-refractivity contribution is -0.451. The summed E-state index contributed by atoms with van der Waals surface area (Å²) in [5.41, 5.74) is -9.94. The van der Waals surface area contributed by atoms with Crippen LogP contribution in [0.3, 0.4) is 0 Å². The summed E-state index contributed by atoms with van der Waals surface area (Å²) in [6.07, 6.45) is 0. The van der Waals surface area contributed by atoms with Crippen molar-refractivity contribution in [1.29, 1.82) is 0 Å².